The number of hydrogen-bond acceptors (Lipinski definition) is 2. The van der Waals surface area contributed by atoms with Crippen LogP contribution in [0.1, 0.15) is 0 Å². The van der Waals surface area contributed by atoms with Crippen molar-refractivity contribution in [3.63, 3.8) is 0 Å². The summed E-state index contributed by atoms with van der Waals surface area (Å²) in [5, 5.41) is 0. The molecule has 0 saturated carbocycles. The minimum absolute atomic E-state index is 0.915. The van der Waals surface area contributed by atoms with Gasteiger partial charge in [0.2, 0.25) is 0 Å². The molecule has 3 rings (SSSR count). The number of aromatic amines is 1. The van der Waals surface area contributed by atoms with E-state index in [1.54, 1.807) is 12.4 Å². The minimum Gasteiger partial charge on any atom is -0.368 e. The van der Waals surface area contributed by atoms with E-state index in [-0.39, 0.29) is 0 Å². The fraction of sp³-hybridized carbons (Fsp3) is 0. The molecular formula is C14H13N3. The second-order valence-electron chi connectivity index (χ2n) is 3.31. The van der Waals surface area contributed by atoms with Crippen LogP contribution in [0, 0.1) is 0 Å². The fourth-order valence-electron chi connectivity index (χ4n) is 1.31. The first-order valence-electron chi connectivity index (χ1n) is 5.37. The van der Waals surface area contributed by atoms with Crippen LogP contribution >= 0.6 is 0 Å². The standard InChI is InChI=1S/C10H8N2.C4H5N/c1-3-7-11-9(5-1)10-6-2-4-8-12-10;1-2-4-5-3-1/h1-8H;1-5H. The molecule has 0 radical (unpaired) electrons. The second-order valence-corrected chi connectivity index (χ2v) is 3.31. The van der Waals surface area contributed by atoms with Crippen molar-refractivity contribution in [2.45, 2.75) is 0 Å². The third-order valence-corrected chi connectivity index (χ3v) is 2.09. The number of nitrogens with one attached hydrogen (secondary N) is 1. The van der Waals surface area contributed by atoms with Crippen molar-refractivity contribution in [1.29, 1.82) is 0 Å². The summed E-state index contributed by atoms with van der Waals surface area (Å²) in [6, 6.07) is 15.5. The van der Waals surface area contributed by atoms with Crippen LogP contribution in [-0.4, -0.2) is 15.0 Å². The molecule has 3 nitrogen and oxygen atoms in total. The maximum atomic E-state index is 4.19. The Morgan fingerprint density at radius 2 is 1.18 bits per heavy atom. The minimum atomic E-state index is 0.915. The Hall–Kier alpha value is -2.42. The zero-order valence-electron chi connectivity index (χ0n) is 9.32. The first kappa shape index (κ1) is 11.1. The van der Waals surface area contributed by atoms with Gasteiger partial charge in [-0.15, -0.1) is 0 Å². The molecule has 0 fully saturated rings. The van der Waals surface area contributed by atoms with Gasteiger partial charge in [0, 0.05) is 24.8 Å². The summed E-state index contributed by atoms with van der Waals surface area (Å²) < 4.78 is 0. The normalized spacial score (nSPS) is 9.18. The Morgan fingerprint density at radius 3 is 1.47 bits per heavy atom. The van der Waals surface area contributed by atoms with E-state index >= 15 is 0 Å². The van der Waals surface area contributed by atoms with Gasteiger partial charge in [0.25, 0.3) is 0 Å². The third kappa shape index (κ3) is 3.57. The summed E-state index contributed by atoms with van der Waals surface area (Å²) in [4.78, 5) is 11.2. The Morgan fingerprint density at radius 1 is 0.647 bits per heavy atom. The van der Waals surface area contributed by atoms with Gasteiger partial charge in [-0.3, -0.25) is 9.97 Å². The molecular weight excluding hydrogens is 210 g/mol. The van der Waals surface area contributed by atoms with Gasteiger partial charge in [0.1, 0.15) is 0 Å². The lowest BCUT2D eigenvalue weighted by molar-refractivity contribution is 1.25. The Labute approximate surface area is 100 Å². The number of H-pyrrole nitrogens is 1. The SMILES string of the molecule is c1cc[nH]c1.c1ccc(-c2ccccn2)nc1. The van der Waals surface area contributed by atoms with E-state index in [9.17, 15) is 0 Å². The molecule has 0 saturated heterocycles. The van der Waals surface area contributed by atoms with E-state index in [0.29, 0.717) is 0 Å². The molecule has 3 heterocycles. The van der Waals surface area contributed by atoms with E-state index in [2.05, 4.69) is 15.0 Å². The average molecular weight is 223 g/mol. The number of aromatic nitrogens is 3. The van der Waals surface area contributed by atoms with Crippen molar-refractivity contribution in [2.75, 3.05) is 0 Å². The molecule has 17 heavy (non-hydrogen) atoms. The number of rotatable bonds is 1. The van der Waals surface area contributed by atoms with Crippen LogP contribution in [0.4, 0.5) is 0 Å². The molecule has 3 aromatic rings. The smallest absolute Gasteiger partial charge is 0.0886 e. The lowest BCUT2D eigenvalue weighted by Crippen LogP contribution is -1.83. The number of pyridine rings is 2. The first-order valence-corrected chi connectivity index (χ1v) is 5.37. The zero-order chi connectivity index (χ0) is 11.8. The van der Waals surface area contributed by atoms with E-state index in [0.717, 1.165) is 11.4 Å². The number of hydrogen-bond donors (Lipinski definition) is 1. The van der Waals surface area contributed by atoms with Crippen molar-refractivity contribution < 1.29 is 0 Å². The summed E-state index contributed by atoms with van der Waals surface area (Å²) >= 11 is 0. The number of nitrogens with zero attached hydrogens (tertiary/aromatic N) is 2. The molecule has 0 amide bonds. The molecule has 0 aliphatic rings. The summed E-state index contributed by atoms with van der Waals surface area (Å²) in [6.07, 6.45) is 7.29. The third-order valence-electron chi connectivity index (χ3n) is 2.09. The van der Waals surface area contributed by atoms with Crippen LogP contribution < -0.4 is 0 Å². The summed E-state index contributed by atoms with van der Waals surface area (Å²) in [7, 11) is 0. The highest BCUT2D eigenvalue weighted by Gasteiger charge is 1.95. The van der Waals surface area contributed by atoms with Crippen LogP contribution in [0.3, 0.4) is 0 Å². The molecule has 0 unspecified atom stereocenters. The van der Waals surface area contributed by atoms with Gasteiger partial charge in [-0.25, -0.2) is 0 Å². The van der Waals surface area contributed by atoms with Gasteiger partial charge in [-0.05, 0) is 36.4 Å². The molecule has 1 N–H and O–H groups in total. The highest BCUT2D eigenvalue weighted by molar-refractivity contribution is 5.52. The van der Waals surface area contributed by atoms with Gasteiger partial charge < -0.3 is 4.98 Å². The topological polar surface area (TPSA) is 41.6 Å². The zero-order valence-corrected chi connectivity index (χ0v) is 9.32. The molecule has 0 aliphatic carbocycles. The Balaban J connectivity index is 0.000000181. The van der Waals surface area contributed by atoms with Gasteiger partial charge in [0.15, 0.2) is 0 Å². The molecule has 0 spiro atoms. The van der Waals surface area contributed by atoms with Gasteiger partial charge in [-0.1, -0.05) is 12.1 Å². The second kappa shape index (κ2) is 6.23. The Bertz CT molecular complexity index is 449. The van der Waals surface area contributed by atoms with Crippen molar-refractivity contribution in [2.24, 2.45) is 0 Å². The predicted molar refractivity (Wildman–Crippen MR) is 68.3 cm³/mol. The van der Waals surface area contributed by atoms with Crippen LogP contribution in [0.25, 0.3) is 11.4 Å². The van der Waals surface area contributed by atoms with Crippen molar-refractivity contribution >= 4 is 0 Å². The summed E-state index contributed by atoms with van der Waals surface area (Å²) in [5.74, 6) is 0. The van der Waals surface area contributed by atoms with Crippen LogP contribution in [0.2, 0.25) is 0 Å². The van der Waals surface area contributed by atoms with Crippen molar-refractivity contribution in [3.05, 3.63) is 73.3 Å². The lowest BCUT2D eigenvalue weighted by Gasteiger charge is -1.96. The molecule has 0 atom stereocenters. The van der Waals surface area contributed by atoms with Gasteiger partial charge >= 0.3 is 0 Å². The quantitative estimate of drug-likeness (QED) is 0.688. The van der Waals surface area contributed by atoms with E-state index in [1.807, 2.05) is 60.9 Å². The fourth-order valence-corrected chi connectivity index (χ4v) is 1.31. The largest absolute Gasteiger partial charge is 0.368 e. The summed E-state index contributed by atoms with van der Waals surface area (Å²) in [5.41, 5.74) is 1.83. The average Bonchev–Trinajstić information content (AvgIpc) is 3.00. The molecule has 3 aromatic heterocycles. The monoisotopic (exact) mass is 223 g/mol. The highest BCUT2D eigenvalue weighted by atomic mass is 14.7. The van der Waals surface area contributed by atoms with E-state index < -0.39 is 0 Å². The molecule has 84 valence electrons. The van der Waals surface area contributed by atoms with Crippen LogP contribution in [0.5, 0.6) is 0 Å². The first-order chi connectivity index (χ1) is 8.47. The van der Waals surface area contributed by atoms with Crippen molar-refractivity contribution in [3.8, 4) is 11.4 Å². The highest BCUT2D eigenvalue weighted by Crippen LogP contribution is 2.10. The van der Waals surface area contributed by atoms with Crippen molar-refractivity contribution in [1.82, 2.24) is 15.0 Å². The van der Waals surface area contributed by atoms with Crippen LogP contribution in [-0.2, 0) is 0 Å². The van der Waals surface area contributed by atoms with E-state index in [1.165, 1.54) is 0 Å². The maximum Gasteiger partial charge on any atom is 0.0886 e. The molecule has 3 heteroatoms. The Kier molecular flexibility index (Phi) is 4.06. The van der Waals surface area contributed by atoms with E-state index in [4.69, 9.17) is 0 Å². The lowest BCUT2D eigenvalue weighted by atomic mass is 10.2. The van der Waals surface area contributed by atoms with Gasteiger partial charge in [0.05, 0.1) is 11.4 Å². The summed E-state index contributed by atoms with van der Waals surface area (Å²) in [6.45, 7) is 0. The molecule has 0 bridgehead atoms. The predicted octanol–water partition coefficient (Wildman–Crippen LogP) is 3.16. The maximum absolute atomic E-state index is 4.19. The van der Waals surface area contributed by atoms with Gasteiger partial charge in [-0.2, -0.15) is 0 Å². The van der Waals surface area contributed by atoms with Crippen LogP contribution in [0.15, 0.2) is 73.3 Å². The molecule has 0 aromatic carbocycles. The molecule has 0 aliphatic heterocycles.